The van der Waals surface area contributed by atoms with Crippen molar-refractivity contribution >= 4 is 11.9 Å². The van der Waals surface area contributed by atoms with Crippen LogP contribution in [0.5, 0.6) is 0 Å². The van der Waals surface area contributed by atoms with Gasteiger partial charge in [-0.3, -0.25) is 9.89 Å². The third kappa shape index (κ3) is 4.58. The van der Waals surface area contributed by atoms with Crippen molar-refractivity contribution in [2.75, 3.05) is 7.11 Å². The van der Waals surface area contributed by atoms with Gasteiger partial charge in [-0.1, -0.05) is 27.2 Å². The summed E-state index contributed by atoms with van der Waals surface area (Å²) in [5, 5.41) is 9.59. The van der Waals surface area contributed by atoms with Crippen LogP contribution in [0.3, 0.4) is 0 Å². The molecule has 1 amide bonds. The number of methoxy groups -OCH3 is 1. The Morgan fingerprint density at radius 3 is 2.67 bits per heavy atom. The molecule has 0 aliphatic heterocycles. The number of aromatic nitrogens is 2. The van der Waals surface area contributed by atoms with Gasteiger partial charge < -0.3 is 10.1 Å². The van der Waals surface area contributed by atoms with Crippen LogP contribution in [-0.2, 0) is 16.0 Å². The molecule has 0 fully saturated rings. The highest BCUT2D eigenvalue weighted by atomic mass is 16.5. The number of carbonyl (C=O) groups is 2. The molecule has 2 N–H and O–H groups in total. The van der Waals surface area contributed by atoms with Crippen LogP contribution in [-0.4, -0.2) is 34.7 Å². The third-order valence-corrected chi connectivity index (χ3v) is 3.27. The third-order valence-electron chi connectivity index (χ3n) is 3.27. The average molecular weight is 295 g/mol. The number of rotatable bonds is 7. The lowest BCUT2D eigenvalue weighted by Crippen LogP contribution is -2.52. The molecule has 6 nitrogen and oxygen atoms in total. The first-order valence-electron chi connectivity index (χ1n) is 7.27. The summed E-state index contributed by atoms with van der Waals surface area (Å²) >= 11 is 0. The number of hydrogen-bond acceptors (Lipinski definition) is 4. The number of nitrogens with zero attached hydrogens (tertiary/aromatic N) is 1. The van der Waals surface area contributed by atoms with Crippen molar-refractivity contribution in [3.05, 3.63) is 17.5 Å². The summed E-state index contributed by atoms with van der Waals surface area (Å²) in [7, 11) is 1.32. The van der Waals surface area contributed by atoms with Gasteiger partial charge in [-0.2, -0.15) is 5.10 Å². The summed E-state index contributed by atoms with van der Waals surface area (Å²) in [5.74, 6) is -0.347. The summed E-state index contributed by atoms with van der Waals surface area (Å²) in [6, 6.07) is 1.72. The lowest BCUT2D eigenvalue weighted by atomic mass is 9.96. The minimum absolute atomic E-state index is 0.289. The number of H-pyrrole nitrogens is 1. The molecule has 0 saturated carbocycles. The van der Waals surface area contributed by atoms with Crippen molar-refractivity contribution in [2.24, 2.45) is 5.92 Å². The summed E-state index contributed by atoms with van der Waals surface area (Å²) in [5.41, 5.74) is 0.167. The summed E-state index contributed by atoms with van der Waals surface area (Å²) in [6.45, 7) is 7.80. The Labute approximate surface area is 125 Å². The molecular weight excluding hydrogens is 270 g/mol. The summed E-state index contributed by atoms with van der Waals surface area (Å²) in [6.07, 6.45) is 2.09. The van der Waals surface area contributed by atoms with Crippen molar-refractivity contribution in [2.45, 2.75) is 52.5 Å². The SMILES string of the molecule is CCCC(C)(NC(=O)c1cc(CC(C)C)[nH]n1)C(=O)OC. The van der Waals surface area contributed by atoms with Gasteiger partial charge in [0.05, 0.1) is 7.11 Å². The van der Waals surface area contributed by atoms with Crippen molar-refractivity contribution in [1.82, 2.24) is 15.5 Å². The van der Waals surface area contributed by atoms with E-state index in [1.54, 1.807) is 13.0 Å². The second-order valence-electron chi connectivity index (χ2n) is 5.90. The highest BCUT2D eigenvalue weighted by molar-refractivity contribution is 5.96. The fourth-order valence-electron chi connectivity index (χ4n) is 2.28. The maximum atomic E-state index is 12.3. The van der Waals surface area contributed by atoms with Gasteiger partial charge in [-0.05, 0) is 31.7 Å². The molecule has 1 heterocycles. The first-order chi connectivity index (χ1) is 9.82. The quantitative estimate of drug-likeness (QED) is 0.754. The lowest BCUT2D eigenvalue weighted by Gasteiger charge is -2.27. The first-order valence-corrected chi connectivity index (χ1v) is 7.27. The Morgan fingerprint density at radius 1 is 1.48 bits per heavy atom. The fraction of sp³-hybridized carbons (Fsp3) is 0.667. The number of esters is 1. The highest BCUT2D eigenvalue weighted by Gasteiger charge is 2.35. The van der Waals surface area contributed by atoms with Crippen molar-refractivity contribution in [1.29, 1.82) is 0 Å². The lowest BCUT2D eigenvalue weighted by molar-refractivity contribution is -0.147. The van der Waals surface area contributed by atoms with Gasteiger partial charge in [0, 0.05) is 5.69 Å². The number of ether oxygens (including phenoxy) is 1. The summed E-state index contributed by atoms with van der Waals surface area (Å²) < 4.78 is 4.78. The Bertz CT molecular complexity index is 496. The van der Waals surface area contributed by atoms with Gasteiger partial charge in [0.1, 0.15) is 11.2 Å². The van der Waals surface area contributed by atoms with Gasteiger partial charge in [-0.15, -0.1) is 0 Å². The van der Waals surface area contributed by atoms with Gasteiger partial charge in [-0.25, -0.2) is 4.79 Å². The molecular formula is C15H25N3O3. The van der Waals surface area contributed by atoms with Crippen LogP contribution in [0.15, 0.2) is 6.07 Å². The van der Waals surface area contributed by atoms with E-state index in [1.165, 1.54) is 7.11 Å². The van der Waals surface area contributed by atoms with Gasteiger partial charge in [0.15, 0.2) is 0 Å². The zero-order chi connectivity index (χ0) is 16.0. The molecule has 0 aliphatic rings. The molecule has 1 atom stereocenters. The number of aromatic amines is 1. The van der Waals surface area contributed by atoms with Gasteiger partial charge in [0.25, 0.3) is 5.91 Å². The second kappa shape index (κ2) is 7.24. The van der Waals surface area contributed by atoms with Crippen LogP contribution < -0.4 is 5.32 Å². The molecule has 1 aromatic rings. The highest BCUT2D eigenvalue weighted by Crippen LogP contribution is 2.16. The smallest absolute Gasteiger partial charge is 0.331 e. The van der Waals surface area contributed by atoms with Crippen LogP contribution in [0.4, 0.5) is 0 Å². The topological polar surface area (TPSA) is 84.1 Å². The monoisotopic (exact) mass is 295 g/mol. The van der Waals surface area contributed by atoms with E-state index in [4.69, 9.17) is 4.74 Å². The molecule has 1 unspecified atom stereocenters. The van der Waals surface area contributed by atoms with Crippen LogP contribution in [0, 0.1) is 5.92 Å². The van der Waals surface area contributed by atoms with E-state index in [-0.39, 0.29) is 11.6 Å². The van der Waals surface area contributed by atoms with E-state index in [0.29, 0.717) is 12.3 Å². The summed E-state index contributed by atoms with van der Waals surface area (Å²) in [4.78, 5) is 24.1. The van der Waals surface area contributed by atoms with E-state index >= 15 is 0 Å². The van der Waals surface area contributed by atoms with E-state index in [1.807, 2.05) is 6.92 Å². The Morgan fingerprint density at radius 2 is 2.14 bits per heavy atom. The fourth-order valence-corrected chi connectivity index (χ4v) is 2.28. The van der Waals surface area contributed by atoms with Crippen LogP contribution >= 0.6 is 0 Å². The zero-order valence-electron chi connectivity index (χ0n) is 13.4. The van der Waals surface area contributed by atoms with Crippen LogP contribution in [0.2, 0.25) is 0 Å². The first kappa shape index (κ1) is 17.2. The molecule has 0 saturated heterocycles. The minimum atomic E-state index is -1.03. The van der Waals surface area contributed by atoms with E-state index < -0.39 is 11.5 Å². The van der Waals surface area contributed by atoms with Crippen molar-refractivity contribution in [3.8, 4) is 0 Å². The molecule has 0 aliphatic carbocycles. The standard InChI is InChI=1S/C15H25N3O3/c1-6-7-15(4,14(20)21-5)16-13(19)12-9-11(17-18-12)8-10(2)3/h9-10H,6-8H2,1-5H3,(H,16,19)(H,17,18). The van der Waals surface area contributed by atoms with Crippen molar-refractivity contribution in [3.63, 3.8) is 0 Å². The van der Waals surface area contributed by atoms with E-state index in [2.05, 4.69) is 29.4 Å². The molecule has 0 spiro atoms. The molecule has 6 heteroatoms. The van der Waals surface area contributed by atoms with Crippen LogP contribution in [0.25, 0.3) is 0 Å². The number of nitrogens with one attached hydrogen (secondary N) is 2. The maximum absolute atomic E-state index is 12.3. The van der Waals surface area contributed by atoms with E-state index in [0.717, 1.165) is 18.5 Å². The van der Waals surface area contributed by atoms with Gasteiger partial charge >= 0.3 is 5.97 Å². The molecule has 0 bridgehead atoms. The average Bonchev–Trinajstić information content (AvgIpc) is 2.85. The molecule has 0 aromatic carbocycles. The molecule has 1 rings (SSSR count). The predicted octanol–water partition coefficient (Wildman–Crippen LogP) is 2.07. The number of carbonyl (C=O) groups excluding carboxylic acids is 2. The number of hydrogen-bond donors (Lipinski definition) is 2. The predicted molar refractivity (Wildman–Crippen MR) is 79.9 cm³/mol. The Hall–Kier alpha value is -1.85. The molecule has 1 aromatic heterocycles. The zero-order valence-corrected chi connectivity index (χ0v) is 13.4. The second-order valence-corrected chi connectivity index (χ2v) is 5.90. The minimum Gasteiger partial charge on any atom is -0.467 e. The van der Waals surface area contributed by atoms with E-state index in [9.17, 15) is 9.59 Å². The molecule has 118 valence electrons. The molecule has 21 heavy (non-hydrogen) atoms. The van der Waals surface area contributed by atoms with Gasteiger partial charge in [0.2, 0.25) is 0 Å². The largest absolute Gasteiger partial charge is 0.467 e. The number of amides is 1. The Kier molecular flexibility index (Phi) is 5.93. The maximum Gasteiger partial charge on any atom is 0.331 e. The van der Waals surface area contributed by atoms with Crippen molar-refractivity contribution < 1.29 is 14.3 Å². The Balaban J connectivity index is 2.82. The van der Waals surface area contributed by atoms with Crippen LogP contribution in [0.1, 0.15) is 56.7 Å². The normalized spacial score (nSPS) is 13.8. The molecule has 0 radical (unpaired) electrons.